The van der Waals surface area contributed by atoms with Gasteiger partial charge >= 0.3 is 0 Å². The molecule has 0 aliphatic carbocycles. The fourth-order valence-electron chi connectivity index (χ4n) is 4.38. The standard InChI is InChI=1S/C28H31FN4O2/c1-32(2)17-15-23-22(19-8-4-3-5-9-19)13-14-24(26(23)29)33-16-7-12-25(28(33)34)35-21-11-6-10-20(18-21)27(30)31/h3-6,8-11,13-14,18,25H,7,12,15-17H2,1-2H3,(H3,30,31). The van der Waals surface area contributed by atoms with Crippen LogP contribution in [0.5, 0.6) is 5.75 Å². The molecule has 3 aromatic carbocycles. The molecule has 7 heteroatoms. The topological polar surface area (TPSA) is 82.7 Å². The van der Waals surface area contributed by atoms with Crippen molar-refractivity contribution in [2.75, 3.05) is 32.1 Å². The highest BCUT2D eigenvalue weighted by molar-refractivity contribution is 5.98. The van der Waals surface area contributed by atoms with E-state index in [0.717, 1.165) is 11.1 Å². The Bertz CT molecular complexity index is 1210. The monoisotopic (exact) mass is 474 g/mol. The van der Waals surface area contributed by atoms with E-state index < -0.39 is 6.10 Å². The third-order valence-corrected chi connectivity index (χ3v) is 6.22. The minimum absolute atomic E-state index is 0.0714. The van der Waals surface area contributed by atoms with E-state index in [0.29, 0.717) is 49.2 Å². The number of hydrogen-bond donors (Lipinski definition) is 2. The first-order valence-corrected chi connectivity index (χ1v) is 11.8. The molecule has 0 aromatic heterocycles. The number of nitrogens with two attached hydrogens (primary N) is 1. The van der Waals surface area contributed by atoms with Crippen LogP contribution >= 0.6 is 0 Å². The maximum atomic E-state index is 16.0. The average Bonchev–Trinajstić information content (AvgIpc) is 2.85. The van der Waals surface area contributed by atoms with E-state index in [4.69, 9.17) is 15.9 Å². The van der Waals surface area contributed by atoms with E-state index in [1.54, 1.807) is 30.3 Å². The molecule has 1 atom stereocenters. The Morgan fingerprint density at radius 2 is 1.91 bits per heavy atom. The minimum Gasteiger partial charge on any atom is -0.481 e. The molecule has 1 saturated heterocycles. The molecule has 182 valence electrons. The molecule has 3 N–H and O–H groups in total. The molecule has 35 heavy (non-hydrogen) atoms. The van der Waals surface area contributed by atoms with Gasteiger partial charge in [-0.05, 0) is 68.2 Å². The first kappa shape index (κ1) is 24.4. The number of likely N-dealkylation sites (N-methyl/N-ethyl adjacent to an activating group) is 1. The van der Waals surface area contributed by atoms with Crippen LogP contribution in [0, 0.1) is 11.2 Å². The molecule has 1 aliphatic rings. The number of nitrogens with one attached hydrogen (secondary N) is 1. The van der Waals surface area contributed by atoms with Crippen molar-refractivity contribution in [2.45, 2.75) is 25.4 Å². The van der Waals surface area contributed by atoms with Crippen molar-refractivity contribution >= 4 is 17.4 Å². The smallest absolute Gasteiger partial charge is 0.268 e. The first-order valence-electron chi connectivity index (χ1n) is 11.8. The zero-order valence-corrected chi connectivity index (χ0v) is 20.1. The second-order valence-corrected chi connectivity index (χ2v) is 9.02. The Morgan fingerprint density at radius 3 is 2.63 bits per heavy atom. The molecular formula is C28H31FN4O2. The van der Waals surface area contributed by atoms with E-state index in [9.17, 15) is 4.79 Å². The summed E-state index contributed by atoms with van der Waals surface area (Å²) in [5.41, 5.74) is 8.78. The zero-order valence-electron chi connectivity index (χ0n) is 20.1. The Hall–Kier alpha value is -3.71. The SMILES string of the molecule is CN(C)CCc1c(-c2ccccc2)ccc(N2CCCC(Oc3cccc(C(=N)N)c3)C2=O)c1F. The minimum atomic E-state index is -0.732. The predicted molar refractivity (Wildman–Crippen MR) is 138 cm³/mol. The summed E-state index contributed by atoms with van der Waals surface area (Å²) >= 11 is 0. The van der Waals surface area contributed by atoms with Gasteiger partial charge in [0.05, 0.1) is 5.69 Å². The number of hydrogen-bond acceptors (Lipinski definition) is 4. The van der Waals surface area contributed by atoms with Gasteiger partial charge in [-0.25, -0.2) is 4.39 Å². The second kappa shape index (κ2) is 10.7. The van der Waals surface area contributed by atoms with Crippen molar-refractivity contribution in [2.24, 2.45) is 5.73 Å². The van der Waals surface area contributed by atoms with Crippen molar-refractivity contribution in [1.82, 2.24) is 4.90 Å². The number of carbonyl (C=O) groups is 1. The molecule has 1 heterocycles. The summed E-state index contributed by atoms with van der Waals surface area (Å²) in [6, 6.07) is 20.2. The van der Waals surface area contributed by atoms with Crippen molar-refractivity contribution in [3.8, 4) is 16.9 Å². The Labute approximate surface area is 205 Å². The van der Waals surface area contributed by atoms with Crippen LogP contribution in [0.3, 0.4) is 0 Å². The number of amidine groups is 1. The van der Waals surface area contributed by atoms with Crippen LogP contribution in [0.2, 0.25) is 0 Å². The lowest BCUT2D eigenvalue weighted by atomic mass is 9.95. The summed E-state index contributed by atoms with van der Waals surface area (Å²) in [4.78, 5) is 16.9. The largest absolute Gasteiger partial charge is 0.481 e. The van der Waals surface area contributed by atoms with Gasteiger partial charge in [0.1, 0.15) is 11.6 Å². The molecule has 6 nitrogen and oxygen atoms in total. The third-order valence-electron chi connectivity index (χ3n) is 6.22. The summed E-state index contributed by atoms with van der Waals surface area (Å²) in [6.07, 6.45) is 1.02. The van der Waals surface area contributed by atoms with Crippen molar-refractivity contribution < 1.29 is 13.9 Å². The normalized spacial score (nSPS) is 15.9. The van der Waals surface area contributed by atoms with E-state index in [1.165, 1.54) is 4.90 Å². The number of benzene rings is 3. The lowest BCUT2D eigenvalue weighted by Gasteiger charge is -2.33. The summed E-state index contributed by atoms with van der Waals surface area (Å²) in [6.45, 7) is 1.12. The molecule has 0 spiro atoms. The van der Waals surface area contributed by atoms with Gasteiger partial charge < -0.3 is 20.3 Å². The van der Waals surface area contributed by atoms with Crippen LogP contribution in [-0.2, 0) is 11.2 Å². The Balaban J connectivity index is 1.64. The lowest BCUT2D eigenvalue weighted by molar-refractivity contribution is -0.127. The second-order valence-electron chi connectivity index (χ2n) is 9.02. The Morgan fingerprint density at radius 1 is 1.14 bits per heavy atom. The molecule has 0 radical (unpaired) electrons. The van der Waals surface area contributed by atoms with Gasteiger partial charge in [-0.1, -0.05) is 48.5 Å². The predicted octanol–water partition coefficient (Wildman–Crippen LogP) is 4.46. The van der Waals surface area contributed by atoms with Gasteiger partial charge in [-0.2, -0.15) is 0 Å². The van der Waals surface area contributed by atoms with Crippen LogP contribution in [0.25, 0.3) is 11.1 Å². The number of piperidine rings is 1. The van der Waals surface area contributed by atoms with Gasteiger partial charge in [0.2, 0.25) is 0 Å². The summed E-state index contributed by atoms with van der Waals surface area (Å²) in [7, 11) is 3.92. The van der Waals surface area contributed by atoms with Crippen LogP contribution < -0.4 is 15.4 Å². The maximum Gasteiger partial charge on any atom is 0.268 e. The number of rotatable bonds is 8. The van der Waals surface area contributed by atoms with Gasteiger partial charge in [0, 0.05) is 18.7 Å². The van der Waals surface area contributed by atoms with Gasteiger partial charge in [0.25, 0.3) is 5.91 Å². The van der Waals surface area contributed by atoms with Gasteiger partial charge in [-0.15, -0.1) is 0 Å². The fraction of sp³-hybridized carbons (Fsp3) is 0.286. The molecule has 0 saturated carbocycles. The van der Waals surface area contributed by atoms with E-state index in [1.807, 2.05) is 55.4 Å². The molecule has 4 rings (SSSR count). The van der Waals surface area contributed by atoms with Crippen LogP contribution in [0.15, 0.2) is 66.7 Å². The van der Waals surface area contributed by atoms with Crippen molar-refractivity contribution in [1.29, 1.82) is 5.41 Å². The summed E-state index contributed by atoms with van der Waals surface area (Å²) in [5, 5.41) is 7.62. The molecule has 3 aromatic rings. The third kappa shape index (κ3) is 5.52. The number of nitrogen functional groups attached to an aromatic ring is 1. The van der Waals surface area contributed by atoms with Crippen LogP contribution in [0.4, 0.5) is 10.1 Å². The van der Waals surface area contributed by atoms with Gasteiger partial charge in [-0.3, -0.25) is 10.2 Å². The lowest BCUT2D eigenvalue weighted by Crippen LogP contribution is -2.47. The van der Waals surface area contributed by atoms with E-state index in [2.05, 4.69) is 0 Å². The average molecular weight is 475 g/mol. The Kier molecular flexibility index (Phi) is 7.46. The summed E-state index contributed by atoms with van der Waals surface area (Å²) < 4.78 is 22.0. The number of nitrogens with zero attached hydrogens (tertiary/aromatic N) is 2. The fourth-order valence-corrected chi connectivity index (χ4v) is 4.38. The highest BCUT2D eigenvalue weighted by Gasteiger charge is 2.33. The molecule has 0 bridgehead atoms. The molecule has 1 aliphatic heterocycles. The number of anilines is 1. The number of ether oxygens (including phenoxy) is 1. The maximum absolute atomic E-state index is 16.0. The quantitative estimate of drug-likeness (QED) is 0.373. The highest BCUT2D eigenvalue weighted by Crippen LogP contribution is 2.34. The number of amides is 1. The highest BCUT2D eigenvalue weighted by atomic mass is 19.1. The molecular weight excluding hydrogens is 443 g/mol. The van der Waals surface area contributed by atoms with Crippen LogP contribution in [-0.4, -0.2) is 49.9 Å². The van der Waals surface area contributed by atoms with Crippen molar-refractivity contribution in [3.63, 3.8) is 0 Å². The first-order chi connectivity index (χ1) is 16.8. The zero-order chi connectivity index (χ0) is 24.9. The van der Waals surface area contributed by atoms with E-state index in [-0.39, 0.29) is 23.2 Å². The molecule has 1 amide bonds. The van der Waals surface area contributed by atoms with Crippen LogP contribution in [0.1, 0.15) is 24.0 Å². The summed E-state index contributed by atoms with van der Waals surface area (Å²) in [5.74, 6) is -0.238. The van der Waals surface area contributed by atoms with Crippen molar-refractivity contribution in [3.05, 3.63) is 83.7 Å². The van der Waals surface area contributed by atoms with Gasteiger partial charge in [0.15, 0.2) is 11.9 Å². The number of carbonyl (C=O) groups excluding carboxylic acids is 1. The number of halogens is 1. The molecule has 1 unspecified atom stereocenters. The molecule has 1 fully saturated rings. The van der Waals surface area contributed by atoms with E-state index >= 15 is 4.39 Å².